The van der Waals surface area contributed by atoms with E-state index in [4.69, 9.17) is 11.5 Å². The molecule has 18 heavy (non-hydrogen) atoms. The largest absolute Gasteiger partial charge is 0.397 e. The van der Waals surface area contributed by atoms with Crippen molar-refractivity contribution in [2.24, 2.45) is 5.92 Å². The average molecular weight is 248 g/mol. The number of hydrogen-bond acceptors (Lipinski definition) is 4. The first kappa shape index (κ1) is 13.0. The van der Waals surface area contributed by atoms with E-state index < -0.39 is 0 Å². The Morgan fingerprint density at radius 1 is 1.22 bits per heavy atom. The van der Waals surface area contributed by atoms with Crippen LogP contribution < -0.4 is 16.4 Å². The number of hydrogen-bond donors (Lipinski definition) is 2. The van der Waals surface area contributed by atoms with Gasteiger partial charge in [-0.3, -0.25) is 0 Å². The van der Waals surface area contributed by atoms with Crippen molar-refractivity contribution in [1.82, 2.24) is 4.90 Å². The molecular weight excluding hydrogens is 224 g/mol. The Bertz CT molecular complexity index is 397. The van der Waals surface area contributed by atoms with Crippen molar-refractivity contribution in [3.05, 3.63) is 18.2 Å². The Balaban J connectivity index is 1.94. The molecule has 0 amide bonds. The first-order valence-electron chi connectivity index (χ1n) is 6.61. The van der Waals surface area contributed by atoms with Crippen LogP contribution in [-0.2, 0) is 0 Å². The SMILES string of the molecule is CN1CCC(CN(C)c2ccc(N)c(N)c2)CC1. The van der Waals surface area contributed by atoms with Gasteiger partial charge in [-0.15, -0.1) is 0 Å². The molecule has 4 N–H and O–H groups in total. The first-order valence-corrected chi connectivity index (χ1v) is 6.61. The molecule has 1 heterocycles. The molecule has 1 fully saturated rings. The van der Waals surface area contributed by atoms with Gasteiger partial charge < -0.3 is 21.3 Å². The van der Waals surface area contributed by atoms with Crippen LogP contribution in [0.25, 0.3) is 0 Å². The Hall–Kier alpha value is -1.42. The van der Waals surface area contributed by atoms with E-state index in [0.717, 1.165) is 18.2 Å². The van der Waals surface area contributed by atoms with Gasteiger partial charge in [0.25, 0.3) is 0 Å². The molecule has 1 aliphatic rings. The second-order valence-electron chi connectivity index (χ2n) is 5.44. The van der Waals surface area contributed by atoms with Crippen molar-refractivity contribution in [3.8, 4) is 0 Å². The highest BCUT2D eigenvalue weighted by molar-refractivity contribution is 5.69. The molecule has 0 saturated carbocycles. The van der Waals surface area contributed by atoms with Crippen molar-refractivity contribution in [3.63, 3.8) is 0 Å². The van der Waals surface area contributed by atoms with E-state index in [0.29, 0.717) is 11.4 Å². The highest BCUT2D eigenvalue weighted by Gasteiger charge is 2.18. The minimum atomic E-state index is 0.659. The number of benzene rings is 1. The standard InChI is InChI=1S/C14H24N4/c1-17-7-5-11(6-8-17)10-18(2)12-3-4-13(15)14(16)9-12/h3-4,9,11H,5-8,10,15-16H2,1-2H3. The van der Waals surface area contributed by atoms with Gasteiger partial charge in [0.1, 0.15) is 0 Å². The zero-order chi connectivity index (χ0) is 13.1. The number of piperidine rings is 1. The van der Waals surface area contributed by atoms with Crippen LogP contribution in [0.1, 0.15) is 12.8 Å². The monoisotopic (exact) mass is 248 g/mol. The lowest BCUT2D eigenvalue weighted by Gasteiger charge is -2.32. The molecule has 0 aliphatic carbocycles. The fourth-order valence-electron chi connectivity index (χ4n) is 2.54. The topological polar surface area (TPSA) is 58.5 Å². The number of nitrogen functional groups attached to an aromatic ring is 2. The minimum Gasteiger partial charge on any atom is -0.397 e. The van der Waals surface area contributed by atoms with Gasteiger partial charge in [-0.2, -0.15) is 0 Å². The Kier molecular flexibility index (Phi) is 3.97. The molecule has 100 valence electrons. The third kappa shape index (κ3) is 3.07. The summed E-state index contributed by atoms with van der Waals surface area (Å²) in [5.41, 5.74) is 14.1. The third-order valence-corrected chi connectivity index (χ3v) is 3.88. The summed E-state index contributed by atoms with van der Waals surface area (Å²) in [5.74, 6) is 0.782. The van der Waals surface area contributed by atoms with Gasteiger partial charge in [0.2, 0.25) is 0 Å². The second-order valence-corrected chi connectivity index (χ2v) is 5.44. The summed E-state index contributed by atoms with van der Waals surface area (Å²) >= 11 is 0. The fraction of sp³-hybridized carbons (Fsp3) is 0.571. The first-order chi connectivity index (χ1) is 8.56. The van der Waals surface area contributed by atoms with Crippen LogP contribution in [0.3, 0.4) is 0 Å². The van der Waals surface area contributed by atoms with Crippen LogP contribution in [0.2, 0.25) is 0 Å². The molecule has 1 aromatic carbocycles. The molecule has 1 aromatic rings. The van der Waals surface area contributed by atoms with E-state index in [1.165, 1.54) is 25.9 Å². The van der Waals surface area contributed by atoms with Crippen molar-refractivity contribution in [1.29, 1.82) is 0 Å². The maximum Gasteiger partial charge on any atom is 0.0568 e. The van der Waals surface area contributed by atoms with E-state index in [9.17, 15) is 0 Å². The van der Waals surface area contributed by atoms with Crippen LogP contribution >= 0.6 is 0 Å². The van der Waals surface area contributed by atoms with Gasteiger partial charge in [-0.1, -0.05) is 0 Å². The highest BCUT2D eigenvalue weighted by atomic mass is 15.1. The smallest absolute Gasteiger partial charge is 0.0568 e. The second kappa shape index (κ2) is 5.48. The molecule has 4 nitrogen and oxygen atoms in total. The summed E-state index contributed by atoms with van der Waals surface area (Å²) in [7, 11) is 4.32. The molecule has 0 aromatic heterocycles. The van der Waals surface area contributed by atoms with Crippen molar-refractivity contribution in [2.75, 3.05) is 50.1 Å². The number of likely N-dealkylation sites (tertiary alicyclic amines) is 1. The molecule has 4 heteroatoms. The van der Waals surface area contributed by atoms with Gasteiger partial charge in [-0.25, -0.2) is 0 Å². The predicted octanol–water partition coefficient (Wildman–Crippen LogP) is 1.63. The maximum atomic E-state index is 5.85. The quantitative estimate of drug-likeness (QED) is 0.798. The van der Waals surface area contributed by atoms with Crippen LogP contribution in [0.5, 0.6) is 0 Å². The molecule has 2 rings (SSSR count). The van der Waals surface area contributed by atoms with Gasteiger partial charge in [0.05, 0.1) is 11.4 Å². The van der Waals surface area contributed by atoms with Crippen molar-refractivity contribution >= 4 is 17.1 Å². The molecule has 0 spiro atoms. The molecular formula is C14H24N4. The lowest BCUT2D eigenvalue weighted by Crippen LogP contribution is -2.35. The van der Waals surface area contributed by atoms with E-state index in [2.05, 4.69) is 23.9 Å². The van der Waals surface area contributed by atoms with E-state index >= 15 is 0 Å². The summed E-state index contributed by atoms with van der Waals surface area (Å²) in [5, 5.41) is 0. The lowest BCUT2D eigenvalue weighted by molar-refractivity contribution is 0.222. The normalized spacial score (nSPS) is 17.9. The van der Waals surface area contributed by atoms with Gasteiger partial charge in [-0.05, 0) is 57.1 Å². The van der Waals surface area contributed by atoms with Crippen LogP contribution in [-0.4, -0.2) is 38.6 Å². The van der Waals surface area contributed by atoms with Gasteiger partial charge in [0, 0.05) is 19.3 Å². The van der Waals surface area contributed by atoms with Crippen LogP contribution in [0, 0.1) is 5.92 Å². The molecule has 0 radical (unpaired) electrons. The summed E-state index contributed by atoms with van der Waals surface area (Å²) in [6, 6.07) is 5.89. The predicted molar refractivity (Wildman–Crippen MR) is 78.8 cm³/mol. The summed E-state index contributed by atoms with van der Waals surface area (Å²) in [6.07, 6.45) is 2.57. The van der Waals surface area contributed by atoms with Crippen LogP contribution in [0.4, 0.5) is 17.1 Å². The van der Waals surface area contributed by atoms with Gasteiger partial charge >= 0.3 is 0 Å². The van der Waals surface area contributed by atoms with Gasteiger partial charge in [0.15, 0.2) is 0 Å². The fourth-order valence-corrected chi connectivity index (χ4v) is 2.54. The molecule has 0 unspecified atom stereocenters. The molecule has 1 aliphatic heterocycles. The van der Waals surface area contributed by atoms with Crippen LogP contribution in [0.15, 0.2) is 18.2 Å². The Morgan fingerprint density at radius 2 is 1.89 bits per heavy atom. The van der Waals surface area contributed by atoms with Crippen molar-refractivity contribution < 1.29 is 0 Å². The van der Waals surface area contributed by atoms with E-state index in [1.54, 1.807) is 0 Å². The highest BCUT2D eigenvalue weighted by Crippen LogP contribution is 2.24. The van der Waals surface area contributed by atoms with Crippen molar-refractivity contribution in [2.45, 2.75) is 12.8 Å². The van der Waals surface area contributed by atoms with E-state index in [1.807, 2.05) is 18.2 Å². The molecule has 0 bridgehead atoms. The molecule has 0 atom stereocenters. The third-order valence-electron chi connectivity index (χ3n) is 3.88. The lowest BCUT2D eigenvalue weighted by atomic mass is 9.96. The average Bonchev–Trinajstić information content (AvgIpc) is 2.35. The zero-order valence-electron chi connectivity index (χ0n) is 11.4. The maximum absolute atomic E-state index is 5.85. The number of anilines is 3. The number of nitrogens with two attached hydrogens (primary N) is 2. The minimum absolute atomic E-state index is 0.659. The Labute approximate surface area is 110 Å². The Morgan fingerprint density at radius 3 is 2.50 bits per heavy atom. The summed E-state index contributed by atoms with van der Waals surface area (Å²) in [4.78, 5) is 4.68. The number of rotatable bonds is 3. The zero-order valence-corrected chi connectivity index (χ0v) is 11.4. The van der Waals surface area contributed by atoms with E-state index in [-0.39, 0.29) is 0 Å². The summed E-state index contributed by atoms with van der Waals surface area (Å²) < 4.78 is 0. The summed E-state index contributed by atoms with van der Waals surface area (Å²) in [6.45, 7) is 3.52. The number of nitrogens with zero attached hydrogens (tertiary/aromatic N) is 2. The molecule has 1 saturated heterocycles.